The molecule has 0 aromatic heterocycles. The molecule has 0 bridgehead atoms. The highest BCUT2D eigenvalue weighted by atomic mass is 35.5. The van der Waals surface area contributed by atoms with E-state index < -0.39 is 0 Å². The number of aliphatic hydroxyl groups excluding tert-OH is 1. The fourth-order valence-electron chi connectivity index (χ4n) is 1.35. The quantitative estimate of drug-likeness (QED) is 0.478. The highest BCUT2D eigenvalue weighted by Crippen LogP contribution is 2.02. The molecule has 0 heterocycles. The van der Waals surface area contributed by atoms with Gasteiger partial charge in [0, 0.05) is 12.4 Å². The molecule has 0 saturated heterocycles. The van der Waals surface area contributed by atoms with Gasteiger partial charge in [-0.1, -0.05) is 12.8 Å². The summed E-state index contributed by atoms with van der Waals surface area (Å²) in [6.45, 7) is 3.97. The molecule has 0 aliphatic carbocycles. The van der Waals surface area contributed by atoms with Crippen LogP contribution in [-0.4, -0.2) is 42.1 Å². The number of aliphatic hydroxyl groups is 1. The Morgan fingerprint density at radius 1 is 1.14 bits per heavy atom. The van der Waals surface area contributed by atoms with Gasteiger partial charge in [0.1, 0.15) is 0 Å². The molecule has 1 N–H and O–H groups in total. The lowest BCUT2D eigenvalue weighted by Crippen LogP contribution is -2.23. The van der Waals surface area contributed by atoms with Crippen LogP contribution in [0.4, 0.5) is 0 Å². The van der Waals surface area contributed by atoms with Crippen LogP contribution < -0.4 is 0 Å². The zero-order valence-electron chi connectivity index (χ0n) is 9.51. The maximum absolute atomic E-state index is 9.10. The fourth-order valence-corrected chi connectivity index (χ4v) is 1.54. The predicted octanol–water partition coefficient (Wildman–Crippen LogP) is 2.49. The molecule has 0 fully saturated rings. The monoisotopic (exact) mass is 221 g/mol. The van der Waals surface area contributed by atoms with E-state index in [0.717, 1.165) is 31.8 Å². The summed E-state index contributed by atoms with van der Waals surface area (Å²) in [7, 11) is 2.12. The SMILES string of the molecule is CC(O)CCN(C)CCCCCCCl. The highest BCUT2D eigenvalue weighted by Gasteiger charge is 2.00. The van der Waals surface area contributed by atoms with Crippen LogP contribution in [0.5, 0.6) is 0 Å². The molecule has 0 radical (unpaired) electrons. The smallest absolute Gasteiger partial charge is 0.0524 e. The normalized spacial score (nSPS) is 13.5. The minimum Gasteiger partial charge on any atom is -0.393 e. The van der Waals surface area contributed by atoms with Gasteiger partial charge in [-0.15, -0.1) is 11.6 Å². The maximum Gasteiger partial charge on any atom is 0.0524 e. The van der Waals surface area contributed by atoms with E-state index in [9.17, 15) is 0 Å². The first kappa shape index (κ1) is 14.2. The third kappa shape index (κ3) is 10.3. The molecule has 0 aromatic rings. The Balaban J connectivity index is 3.14. The number of hydrogen-bond acceptors (Lipinski definition) is 2. The van der Waals surface area contributed by atoms with Crippen LogP contribution in [0.3, 0.4) is 0 Å². The highest BCUT2D eigenvalue weighted by molar-refractivity contribution is 6.17. The molecule has 0 aliphatic rings. The Kier molecular flexibility index (Phi) is 9.90. The van der Waals surface area contributed by atoms with Crippen molar-refractivity contribution in [1.29, 1.82) is 0 Å². The van der Waals surface area contributed by atoms with Gasteiger partial charge in [0.2, 0.25) is 0 Å². The molecule has 1 unspecified atom stereocenters. The topological polar surface area (TPSA) is 23.5 Å². The Morgan fingerprint density at radius 2 is 1.79 bits per heavy atom. The summed E-state index contributed by atoms with van der Waals surface area (Å²) in [6.07, 6.45) is 5.60. The minimum absolute atomic E-state index is 0.173. The minimum atomic E-state index is -0.173. The van der Waals surface area contributed by atoms with Crippen molar-refractivity contribution in [2.45, 2.75) is 45.1 Å². The van der Waals surface area contributed by atoms with Gasteiger partial charge in [-0.05, 0) is 39.8 Å². The first-order valence-corrected chi connectivity index (χ1v) is 6.13. The molecular weight excluding hydrogens is 198 g/mol. The van der Waals surface area contributed by atoms with Crippen molar-refractivity contribution in [2.75, 3.05) is 26.0 Å². The Bertz CT molecular complexity index is 120. The molecule has 0 amide bonds. The van der Waals surface area contributed by atoms with Gasteiger partial charge < -0.3 is 10.0 Å². The Morgan fingerprint density at radius 3 is 2.36 bits per heavy atom. The second kappa shape index (κ2) is 9.75. The number of halogens is 1. The zero-order valence-corrected chi connectivity index (χ0v) is 10.3. The number of unbranched alkanes of at least 4 members (excludes halogenated alkanes) is 3. The standard InChI is InChI=1S/C11H24ClNO/c1-11(14)7-10-13(2)9-6-4-3-5-8-12/h11,14H,3-10H2,1-2H3. The summed E-state index contributed by atoms with van der Waals surface area (Å²) in [5, 5.41) is 9.10. The zero-order chi connectivity index (χ0) is 10.8. The van der Waals surface area contributed by atoms with Crippen LogP contribution in [0.2, 0.25) is 0 Å². The lowest BCUT2D eigenvalue weighted by Gasteiger charge is -2.17. The van der Waals surface area contributed by atoms with Gasteiger partial charge in [-0.25, -0.2) is 0 Å². The average Bonchev–Trinajstić information content (AvgIpc) is 2.14. The summed E-state index contributed by atoms with van der Waals surface area (Å²) in [4.78, 5) is 2.29. The van der Waals surface area contributed by atoms with Crippen LogP contribution in [-0.2, 0) is 0 Å². The van der Waals surface area contributed by atoms with Gasteiger partial charge in [0.25, 0.3) is 0 Å². The lowest BCUT2D eigenvalue weighted by molar-refractivity contribution is 0.164. The number of nitrogens with zero attached hydrogens (tertiary/aromatic N) is 1. The largest absolute Gasteiger partial charge is 0.393 e. The molecule has 86 valence electrons. The first-order chi connectivity index (χ1) is 6.66. The fraction of sp³-hybridized carbons (Fsp3) is 1.00. The summed E-state index contributed by atoms with van der Waals surface area (Å²) in [6, 6.07) is 0. The van der Waals surface area contributed by atoms with Crippen molar-refractivity contribution in [3.8, 4) is 0 Å². The summed E-state index contributed by atoms with van der Waals surface area (Å²) in [5.41, 5.74) is 0. The van der Waals surface area contributed by atoms with Crippen molar-refractivity contribution in [3.63, 3.8) is 0 Å². The number of alkyl halides is 1. The van der Waals surface area contributed by atoms with Crippen LogP contribution in [0.25, 0.3) is 0 Å². The Hall–Kier alpha value is 0.210. The first-order valence-electron chi connectivity index (χ1n) is 5.59. The molecule has 3 heteroatoms. The lowest BCUT2D eigenvalue weighted by atomic mass is 10.2. The molecular formula is C11H24ClNO. The summed E-state index contributed by atoms with van der Waals surface area (Å²) in [5.74, 6) is 0.790. The Labute approximate surface area is 93.2 Å². The number of rotatable bonds is 9. The summed E-state index contributed by atoms with van der Waals surface area (Å²) >= 11 is 5.59. The van der Waals surface area contributed by atoms with Crippen molar-refractivity contribution < 1.29 is 5.11 Å². The van der Waals surface area contributed by atoms with E-state index in [1.807, 2.05) is 6.92 Å². The van der Waals surface area contributed by atoms with Gasteiger partial charge in [0.05, 0.1) is 6.10 Å². The average molecular weight is 222 g/mol. The second-order valence-corrected chi connectivity index (χ2v) is 4.42. The maximum atomic E-state index is 9.10. The van der Waals surface area contributed by atoms with Gasteiger partial charge in [-0.3, -0.25) is 0 Å². The van der Waals surface area contributed by atoms with E-state index in [1.54, 1.807) is 0 Å². The van der Waals surface area contributed by atoms with Gasteiger partial charge in [0.15, 0.2) is 0 Å². The van der Waals surface area contributed by atoms with E-state index in [2.05, 4.69) is 11.9 Å². The second-order valence-electron chi connectivity index (χ2n) is 4.04. The van der Waals surface area contributed by atoms with Crippen LogP contribution in [0, 0.1) is 0 Å². The van der Waals surface area contributed by atoms with Crippen LogP contribution in [0.15, 0.2) is 0 Å². The third-order valence-corrected chi connectivity index (χ3v) is 2.62. The molecule has 14 heavy (non-hydrogen) atoms. The molecule has 0 saturated carbocycles. The molecule has 0 aromatic carbocycles. The van der Waals surface area contributed by atoms with E-state index in [1.165, 1.54) is 19.3 Å². The molecule has 1 atom stereocenters. The van der Waals surface area contributed by atoms with Crippen LogP contribution >= 0.6 is 11.6 Å². The molecule has 0 aliphatic heterocycles. The van der Waals surface area contributed by atoms with Crippen molar-refractivity contribution >= 4 is 11.6 Å². The molecule has 2 nitrogen and oxygen atoms in total. The van der Waals surface area contributed by atoms with E-state index in [-0.39, 0.29) is 6.10 Å². The van der Waals surface area contributed by atoms with Gasteiger partial charge in [-0.2, -0.15) is 0 Å². The van der Waals surface area contributed by atoms with Crippen LogP contribution in [0.1, 0.15) is 39.0 Å². The van der Waals surface area contributed by atoms with Crippen molar-refractivity contribution in [1.82, 2.24) is 4.90 Å². The predicted molar refractivity (Wildman–Crippen MR) is 63.0 cm³/mol. The van der Waals surface area contributed by atoms with Crippen molar-refractivity contribution in [2.24, 2.45) is 0 Å². The van der Waals surface area contributed by atoms with Gasteiger partial charge >= 0.3 is 0 Å². The molecule has 0 spiro atoms. The van der Waals surface area contributed by atoms with Crippen molar-refractivity contribution in [3.05, 3.63) is 0 Å². The molecule has 0 rings (SSSR count). The number of hydrogen-bond donors (Lipinski definition) is 1. The summed E-state index contributed by atoms with van der Waals surface area (Å²) < 4.78 is 0. The third-order valence-electron chi connectivity index (χ3n) is 2.35. The van der Waals surface area contributed by atoms with E-state index in [4.69, 9.17) is 16.7 Å². The van der Waals surface area contributed by atoms with E-state index >= 15 is 0 Å². The van der Waals surface area contributed by atoms with E-state index in [0.29, 0.717) is 0 Å².